The first-order valence-electron chi connectivity index (χ1n) is 7.90. The fraction of sp³-hybridized carbons (Fsp3) is 0.167. The van der Waals surface area contributed by atoms with Crippen LogP contribution in [0, 0.1) is 5.82 Å². The molecule has 0 bridgehead atoms. The van der Waals surface area contributed by atoms with Crippen molar-refractivity contribution in [2.45, 2.75) is 12.5 Å². The van der Waals surface area contributed by atoms with E-state index in [-0.39, 0.29) is 5.75 Å². The second-order valence-corrected chi connectivity index (χ2v) is 6.94. The van der Waals surface area contributed by atoms with E-state index in [0.717, 1.165) is 0 Å². The minimum Gasteiger partial charge on any atom is -0.481 e. The van der Waals surface area contributed by atoms with Gasteiger partial charge in [0.1, 0.15) is 5.54 Å². The second-order valence-electron chi connectivity index (χ2n) is 6.03. The summed E-state index contributed by atoms with van der Waals surface area (Å²) in [7, 11) is 0. The number of benzene rings is 2. The van der Waals surface area contributed by atoms with Gasteiger partial charge in [0, 0.05) is 10.2 Å². The molecule has 4 amide bonds. The molecule has 1 atom stereocenters. The van der Waals surface area contributed by atoms with Gasteiger partial charge in [-0.05, 0) is 42.8 Å². The fourth-order valence-electron chi connectivity index (χ4n) is 2.59. The average molecular weight is 436 g/mol. The first-order valence-corrected chi connectivity index (χ1v) is 8.69. The van der Waals surface area contributed by atoms with E-state index in [9.17, 15) is 18.8 Å². The van der Waals surface area contributed by atoms with Crippen LogP contribution >= 0.6 is 15.9 Å². The van der Waals surface area contributed by atoms with Crippen LogP contribution in [0.15, 0.2) is 46.9 Å². The maximum absolute atomic E-state index is 13.7. The van der Waals surface area contributed by atoms with Gasteiger partial charge in [-0.25, -0.2) is 9.18 Å². The number of halogens is 2. The summed E-state index contributed by atoms with van der Waals surface area (Å²) in [6.45, 7) is 1.17. The van der Waals surface area contributed by atoms with Gasteiger partial charge < -0.3 is 15.4 Å². The van der Waals surface area contributed by atoms with E-state index in [1.165, 1.54) is 12.1 Å². The molecule has 3 rings (SSSR count). The zero-order valence-corrected chi connectivity index (χ0v) is 15.7. The summed E-state index contributed by atoms with van der Waals surface area (Å²) in [5.41, 5.74) is -0.314. The van der Waals surface area contributed by atoms with Crippen molar-refractivity contribution in [3.63, 3.8) is 0 Å². The standard InChI is InChI=1S/C18H15BrFN3O4/c1-18(16(25)22-17(26)23-18)10-3-2-4-12(7-10)21-15(24)9-27-14-6-5-11(19)8-13(14)20/h2-8H,9H2,1H3,(H,21,24)(H2,22,23,25,26). The molecule has 1 aliphatic rings. The zero-order valence-electron chi connectivity index (χ0n) is 14.1. The van der Waals surface area contributed by atoms with Crippen molar-refractivity contribution in [2.75, 3.05) is 11.9 Å². The van der Waals surface area contributed by atoms with Gasteiger partial charge in [-0.1, -0.05) is 28.1 Å². The highest BCUT2D eigenvalue weighted by Gasteiger charge is 2.43. The van der Waals surface area contributed by atoms with E-state index in [4.69, 9.17) is 4.74 Å². The average Bonchev–Trinajstić information content (AvgIpc) is 2.87. The van der Waals surface area contributed by atoms with Crippen LogP contribution in [0.2, 0.25) is 0 Å². The van der Waals surface area contributed by atoms with Gasteiger partial charge in [0.15, 0.2) is 18.2 Å². The molecule has 140 valence electrons. The Hall–Kier alpha value is -2.94. The Kier molecular flexibility index (Phi) is 5.13. The SMILES string of the molecule is CC1(c2cccc(NC(=O)COc3ccc(Br)cc3F)c2)NC(=O)NC1=O. The summed E-state index contributed by atoms with van der Waals surface area (Å²) in [6.07, 6.45) is 0. The second kappa shape index (κ2) is 7.36. The van der Waals surface area contributed by atoms with Crippen LogP contribution in [0.25, 0.3) is 0 Å². The minimum atomic E-state index is -1.23. The molecule has 2 aromatic rings. The fourth-order valence-corrected chi connectivity index (χ4v) is 2.92. The highest BCUT2D eigenvalue weighted by atomic mass is 79.9. The Morgan fingerprint density at radius 1 is 1.26 bits per heavy atom. The molecule has 0 radical (unpaired) electrons. The molecular weight excluding hydrogens is 421 g/mol. The molecule has 1 fully saturated rings. The van der Waals surface area contributed by atoms with Crippen molar-refractivity contribution in [1.29, 1.82) is 0 Å². The molecule has 9 heteroatoms. The van der Waals surface area contributed by atoms with Gasteiger partial charge in [-0.15, -0.1) is 0 Å². The van der Waals surface area contributed by atoms with Crippen LogP contribution in [-0.4, -0.2) is 24.5 Å². The highest BCUT2D eigenvalue weighted by molar-refractivity contribution is 9.10. The summed E-state index contributed by atoms with van der Waals surface area (Å²) in [4.78, 5) is 35.5. The number of urea groups is 1. The quantitative estimate of drug-likeness (QED) is 0.628. The van der Waals surface area contributed by atoms with E-state index in [1.807, 2.05) is 0 Å². The normalized spacial score (nSPS) is 18.6. The van der Waals surface area contributed by atoms with Crippen molar-refractivity contribution in [2.24, 2.45) is 0 Å². The Bertz CT molecular complexity index is 937. The van der Waals surface area contributed by atoms with Crippen molar-refractivity contribution in [1.82, 2.24) is 10.6 Å². The monoisotopic (exact) mass is 435 g/mol. The Morgan fingerprint density at radius 3 is 2.70 bits per heavy atom. The van der Waals surface area contributed by atoms with Crippen LogP contribution in [0.1, 0.15) is 12.5 Å². The predicted molar refractivity (Wildman–Crippen MR) is 98.7 cm³/mol. The van der Waals surface area contributed by atoms with E-state index >= 15 is 0 Å². The number of carbonyl (C=O) groups is 3. The van der Waals surface area contributed by atoms with Crippen molar-refractivity contribution in [3.05, 3.63) is 58.3 Å². The zero-order chi connectivity index (χ0) is 19.6. The molecule has 0 aromatic heterocycles. The number of hydrogen-bond donors (Lipinski definition) is 3. The van der Waals surface area contributed by atoms with E-state index in [0.29, 0.717) is 15.7 Å². The molecule has 1 saturated heterocycles. The summed E-state index contributed by atoms with van der Waals surface area (Å²) >= 11 is 3.14. The van der Waals surface area contributed by atoms with Gasteiger partial charge in [0.25, 0.3) is 11.8 Å². The van der Waals surface area contributed by atoms with Gasteiger partial charge >= 0.3 is 6.03 Å². The predicted octanol–water partition coefficient (Wildman–Crippen LogP) is 2.66. The number of nitrogens with one attached hydrogen (secondary N) is 3. The molecule has 0 aliphatic carbocycles. The van der Waals surface area contributed by atoms with Crippen LogP contribution in [0.4, 0.5) is 14.9 Å². The first kappa shape index (κ1) is 18.8. The number of ether oxygens (including phenoxy) is 1. The molecular formula is C18H15BrFN3O4. The molecule has 1 unspecified atom stereocenters. The molecule has 0 saturated carbocycles. The van der Waals surface area contributed by atoms with E-state index < -0.39 is 35.8 Å². The minimum absolute atomic E-state index is 0.0417. The van der Waals surface area contributed by atoms with E-state index in [1.54, 1.807) is 37.3 Å². The molecule has 7 nitrogen and oxygen atoms in total. The van der Waals surface area contributed by atoms with Gasteiger partial charge in [0.05, 0.1) is 0 Å². The van der Waals surface area contributed by atoms with Crippen LogP contribution in [-0.2, 0) is 15.1 Å². The number of hydrogen-bond acceptors (Lipinski definition) is 4. The third kappa shape index (κ3) is 4.08. The summed E-state index contributed by atoms with van der Waals surface area (Å²) in [5.74, 6) is -1.61. The topological polar surface area (TPSA) is 96.5 Å². The van der Waals surface area contributed by atoms with Crippen molar-refractivity contribution < 1.29 is 23.5 Å². The molecule has 27 heavy (non-hydrogen) atoms. The van der Waals surface area contributed by atoms with E-state index in [2.05, 4.69) is 31.9 Å². The molecule has 1 aliphatic heterocycles. The number of imide groups is 1. The molecule has 0 spiro atoms. The number of anilines is 1. The first-order chi connectivity index (χ1) is 12.8. The summed E-state index contributed by atoms with van der Waals surface area (Å²) < 4.78 is 19.4. The maximum Gasteiger partial charge on any atom is 0.322 e. The number of rotatable bonds is 5. The lowest BCUT2D eigenvalue weighted by molar-refractivity contribution is -0.123. The lowest BCUT2D eigenvalue weighted by Crippen LogP contribution is -2.40. The van der Waals surface area contributed by atoms with Gasteiger partial charge in [-0.3, -0.25) is 14.9 Å². The summed E-state index contributed by atoms with van der Waals surface area (Å²) in [5, 5.41) is 7.34. The van der Waals surface area contributed by atoms with Crippen molar-refractivity contribution >= 4 is 39.5 Å². The van der Waals surface area contributed by atoms with Crippen LogP contribution in [0.5, 0.6) is 5.75 Å². The van der Waals surface area contributed by atoms with Crippen LogP contribution in [0.3, 0.4) is 0 Å². The number of amides is 4. The summed E-state index contributed by atoms with van der Waals surface area (Å²) in [6, 6.07) is 10.2. The molecule has 1 heterocycles. The Morgan fingerprint density at radius 2 is 2.04 bits per heavy atom. The third-order valence-corrected chi connectivity index (χ3v) is 4.51. The van der Waals surface area contributed by atoms with Gasteiger partial charge in [-0.2, -0.15) is 0 Å². The van der Waals surface area contributed by atoms with Crippen molar-refractivity contribution in [3.8, 4) is 5.75 Å². The Balaban J connectivity index is 1.66. The molecule has 3 N–H and O–H groups in total. The van der Waals surface area contributed by atoms with Crippen LogP contribution < -0.4 is 20.7 Å². The third-order valence-electron chi connectivity index (χ3n) is 4.02. The maximum atomic E-state index is 13.7. The van der Waals surface area contributed by atoms with Gasteiger partial charge in [0.2, 0.25) is 0 Å². The largest absolute Gasteiger partial charge is 0.481 e. The lowest BCUT2D eigenvalue weighted by Gasteiger charge is -2.21. The lowest BCUT2D eigenvalue weighted by atomic mass is 9.92. The Labute approximate surface area is 162 Å². The molecule has 2 aromatic carbocycles. The number of carbonyl (C=O) groups excluding carboxylic acids is 3. The highest BCUT2D eigenvalue weighted by Crippen LogP contribution is 2.26. The smallest absolute Gasteiger partial charge is 0.322 e.